The molecule has 0 heterocycles. The van der Waals surface area contributed by atoms with E-state index < -0.39 is 5.97 Å². The molecule has 0 bridgehead atoms. The zero-order chi connectivity index (χ0) is 17.0. The van der Waals surface area contributed by atoms with Crippen LogP contribution in [0.25, 0.3) is 0 Å². The molecule has 0 saturated heterocycles. The fraction of sp³-hybridized carbons (Fsp3) is 0.278. The van der Waals surface area contributed by atoms with Crippen molar-refractivity contribution in [3.05, 3.63) is 52.5 Å². The summed E-state index contributed by atoms with van der Waals surface area (Å²) >= 11 is 6.47. The third kappa shape index (κ3) is 3.77. The van der Waals surface area contributed by atoms with E-state index >= 15 is 0 Å². The Morgan fingerprint density at radius 3 is 2.39 bits per heavy atom. The predicted molar refractivity (Wildman–Crippen MR) is 89.9 cm³/mol. The van der Waals surface area contributed by atoms with Crippen molar-refractivity contribution < 1.29 is 19.0 Å². The van der Waals surface area contributed by atoms with Crippen molar-refractivity contribution in [2.24, 2.45) is 0 Å². The van der Waals surface area contributed by atoms with Crippen LogP contribution in [0.2, 0.25) is 5.02 Å². The molecule has 0 saturated carbocycles. The number of benzene rings is 2. The van der Waals surface area contributed by atoms with Crippen LogP contribution >= 0.6 is 11.6 Å². The SMILES string of the molecule is COC(=O)c1cccc(Oc2ccc(OC)c(C(C)C)c2Cl)c1. The average Bonchev–Trinajstić information content (AvgIpc) is 2.55. The molecule has 23 heavy (non-hydrogen) atoms. The number of hydrogen-bond acceptors (Lipinski definition) is 4. The highest BCUT2D eigenvalue weighted by Crippen LogP contribution is 2.41. The number of hydrogen-bond donors (Lipinski definition) is 0. The highest BCUT2D eigenvalue weighted by Gasteiger charge is 2.17. The van der Waals surface area contributed by atoms with Gasteiger partial charge in [0.15, 0.2) is 0 Å². The van der Waals surface area contributed by atoms with Crippen LogP contribution in [0.1, 0.15) is 35.7 Å². The van der Waals surface area contributed by atoms with E-state index in [1.165, 1.54) is 7.11 Å². The Kier molecular flexibility index (Phi) is 5.50. The van der Waals surface area contributed by atoms with Gasteiger partial charge in [-0.3, -0.25) is 0 Å². The fourth-order valence-electron chi connectivity index (χ4n) is 2.28. The van der Waals surface area contributed by atoms with Crippen molar-refractivity contribution in [1.29, 1.82) is 0 Å². The molecule has 0 aromatic heterocycles. The number of esters is 1. The molecule has 0 aliphatic rings. The van der Waals surface area contributed by atoms with E-state index in [2.05, 4.69) is 0 Å². The Bertz CT molecular complexity index is 710. The molecule has 0 unspecified atom stereocenters. The van der Waals surface area contributed by atoms with Crippen LogP contribution in [0, 0.1) is 0 Å². The van der Waals surface area contributed by atoms with Crippen molar-refractivity contribution in [2.45, 2.75) is 19.8 Å². The fourth-order valence-corrected chi connectivity index (χ4v) is 2.69. The predicted octanol–water partition coefficient (Wildman–Crippen LogP) is 5.05. The summed E-state index contributed by atoms with van der Waals surface area (Å²) in [6.45, 7) is 4.07. The summed E-state index contributed by atoms with van der Waals surface area (Å²) in [7, 11) is 2.95. The number of carbonyl (C=O) groups excluding carboxylic acids is 1. The zero-order valence-electron chi connectivity index (χ0n) is 13.6. The first kappa shape index (κ1) is 17.2. The lowest BCUT2D eigenvalue weighted by Crippen LogP contribution is -2.01. The molecule has 0 aliphatic carbocycles. The Morgan fingerprint density at radius 2 is 1.78 bits per heavy atom. The first-order valence-corrected chi connectivity index (χ1v) is 7.58. The van der Waals surface area contributed by atoms with Gasteiger partial charge in [-0.2, -0.15) is 0 Å². The topological polar surface area (TPSA) is 44.8 Å². The summed E-state index contributed by atoms with van der Waals surface area (Å²) in [4.78, 5) is 11.6. The first-order chi connectivity index (χ1) is 11.0. The molecule has 4 nitrogen and oxygen atoms in total. The quantitative estimate of drug-likeness (QED) is 0.718. The second kappa shape index (κ2) is 7.38. The summed E-state index contributed by atoms with van der Waals surface area (Å²) in [6.07, 6.45) is 0. The van der Waals surface area contributed by atoms with Gasteiger partial charge in [-0.05, 0) is 36.2 Å². The summed E-state index contributed by atoms with van der Waals surface area (Å²) in [5.41, 5.74) is 1.30. The van der Waals surface area contributed by atoms with E-state index in [-0.39, 0.29) is 5.92 Å². The summed E-state index contributed by atoms with van der Waals surface area (Å²) in [5, 5.41) is 0.503. The van der Waals surface area contributed by atoms with Crippen molar-refractivity contribution in [3.8, 4) is 17.2 Å². The molecular weight excluding hydrogens is 316 g/mol. The average molecular weight is 335 g/mol. The number of carbonyl (C=O) groups is 1. The van der Waals surface area contributed by atoms with Crippen molar-refractivity contribution in [1.82, 2.24) is 0 Å². The van der Waals surface area contributed by atoms with E-state index in [0.29, 0.717) is 22.1 Å². The maximum Gasteiger partial charge on any atom is 0.337 e. The molecule has 0 aliphatic heterocycles. The number of ether oxygens (including phenoxy) is 3. The molecule has 0 radical (unpaired) electrons. The number of rotatable bonds is 5. The summed E-state index contributed by atoms with van der Waals surface area (Å²) in [6, 6.07) is 10.3. The molecule has 2 aromatic rings. The lowest BCUT2D eigenvalue weighted by molar-refractivity contribution is 0.0600. The molecule has 0 amide bonds. The molecular formula is C18H19ClO4. The highest BCUT2D eigenvalue weighted by atomic mass is 35.5. The number of halogens is 1. The van der Waals surface area contributed by atoms with Crippen LogP contribution in [0.15, 0.2) is 36.4 Å². The molecule has 2 aromatic carbocycles. The van der Waals surface area contributed by atoms with E-state index in [4.69, 9.17) is 25.8 Å². The second-order valence-electron chi connectivity index (χ2n) is 5.27. The van der Waals surface area contributed by atoms with Gasteiger partial charge in [-0.1, -0.05) is 31.5 Å². The number of methoxy groups -OCH3 is 2. The standard InChI is InChI=1S/C18H19ClO4/c1-11(2)16-14(21-3)8-9-15(17(16)19)23-13-7-5-6-12(10-13)18(20)22-4/h5-11H,1-4H3. The van der Waals surface area contributed by atoms with E-state index in [0.717, 1.165) is 11.3 Å². The van der Waals surface area contributed by atoms with Gasteiger partial charge in [0, 0.05) is 5.56 Å². The van der Waals surface area contributed by atoms with Crippen LogP contribution < -0.4 is 9.47 Å². The van der Waals surface area contributed by atoms with Crippen LogP contribution in [0.5, 0.6) is 17.2 Å². The monoisotopic (exact) mass is 334 g/mol. The van der Waals surface area contributed by atoms with Gasteiger partial charge in [0.25, 0.3) is 0 Å². The molecule has 0 N–H and O–H groups in total. The van der Waals surface area contributed by atoms with Crippen molar-refractivity contribution in [2.75, 3.05) is 14.2 Å². The maximum absolute atomic E-state index is 11.6. The van der Waals surface area contributed by atoms with Crippen molar-refractivity contribution in [3.63, 3.8) is 0 Å². The van der Waals surface area contributed by atoms with Gasteiger partial charge < -0.3 is 14.2 Å². The van der Waals surface area contributed by atoms with Crippen molar-refractivity contribution >= 4 is 17.6 Å². The molecule has 2 rings (SSSR count). The van der Waals surface area contributed by atoms with Gasteiger partial charge in [0.05, 0.1) is 24.8 Å². The van der Waals surface area contributed by atoms with Crippen LogP contribution in [-0.4, -0.2) is 20.2 Å². The normalized spacial score (nSPS) is 10.5. The van der Waals surface area contributed by atoms with Gasteiger partial charge >= 0.3 is 5.97 Å². The molecule has 0 atom stereocenters. The van der Waals surface area contributed by atoms with Gasteiger partial charge in [-0.15, -0.1) is 0 Å². The van der Waals surface area contributed by atoms with E-state index in [9.17, 15) is 4.79 Å². The minimum Gasteiger partial charge on any atom is -0.496 e. The van der Waals surface area contributed by atoms with Gasteiger partial charge in [0.1, 0.15) is 17.2 Å². The van der Waals surface area contributed by atoms with Crippen LogP contribution in [-0.2, 0) is 4.74 Å². The lowest BCUT2D eigenvalue weighted by atomic mass is 10.0. The van der Waals surface area contributed by atoms with Gasteiger partial charge in [0.2, 0.25) is 0 Å². The zero-order valence-corrected chi connectivity index (χ0v) is 14.3. The molecule has 0 spiro atoms. The second-order valence-corrected chi connectivity index (χ2v) is 5.65. The Balaban J connectivity index is 2.37. The first-order valence-electron chi connectivity index (χ1n) is 7.20. The smallest absolute Gasteiger partial charge is 0.337 e. The summed E-state index contributed by atoms with van der Waals surface area (Å²) in [5.74, 6) is 1.51. The molecule has 0 fully saturated rings. The molecule has 122 valence electrons. The Hall–Kier alpha value is -2.20. The Labute approximate surface area is 140 Å². The third-order valence-electron chi connectivity index (χ3n) is 3.38. The van der Waals surface area contributed by atoms with E-state index in [1.54, 1.807) is 37.4 Å². The Morgan fingerprint density at radius 1 is 1.09 bits per heavy atom. The van der Waals surface area contributed by atoms with Gasteiger partial charge in [-0.25, -0.2) is 4.79 Å². The minimum absolute atomic E-state index is 0.183. The third-order valence-corrected chi connectivity index (χ3v) is 3.77. The largest absolute Gasteiger partial charge is 0.496 e. The minimum atomic E-state index is -0.417. The highest BCUT2D eigenvalue weighted by molar-refractivity contribution is 6.33. The van der Waals surface area contributed by atoms with Crippen LogP contribution in [0.3, 0.4) is 0 Å². The summed E-state index contributed by atoms with van der Waals surface area (Å²) < 4.78 is 15.9. The van der Waals surface area contributed by atoms with Crippen LogP contribution in [0.4, 0.5) is 0 Å². The lowest BCUT2D eigenvalue weighted by Gasteiger charge is -2.17. The molecule has 5 heteroatoms. The van der Waals surface area contributed by atoms with E-state index in [1.807, 2.05) is 19.9 Å². The maximum atomic E-state index is 11.6.